The summed E-state index contributed by atoms with van der Waals surface area (Å²) < 4.78 is 0. The number of anilines is 1. The van der Waals surface area contributed by atoms with Gasteiger partial charge >= 0.3 is 0 Å². The SMILES string of the molecule is Cc1ccc(NC(=O)c2nnc(/C(Cl)=C/c3ccsc3)s2)cc1. The second-order valence-corrected chi connectivity index (χ2v) is 6.95. The summed E-state index contributed by atoms with van der Waals surface area (Å²) in [5.74, 6) is -0.294. The van der Waals surface area contributed by atoms with Gasteiger partial charge in [-0.1, -0.05) is 40.6 Å². The lowest BCUT2D eigenvalue weighted by Gasteiger charge is -2.02. The summed E-state index contributed by atoms with van der Waals surface area (Å²) in [6.45, 7) is 1.99. The zero-order valence-electron chi connectivity index (χ0n) is 12.1. The maximum Gasteiger partial charge on any atom is 0.286 e. The highest BCUT2D eigenvalue weighted by molar-refractivity contribution is 7.15. The second kappa shape index (κ2) is 7.04. The van der Waals surface area contributed by atoms with Gasteiger partial charge in [-0.3, -0.25) is 4.79 Å². The maximum atomic E-state index is 12.2. The molecular weight excluding hydrogens is 350 g/mol. The molecule has 0 aliphatic heterocycles. The van der Waals surface area contributed by atoms with Crippen molar-refractivity contribution < 1.29 is 4.79 Å². The molecule has 0 fully saturated rings. The van der Waals surface area contributed by atoms with E-state index in [2.05, 4.69) is 15.5 Å². The smallest absolute Gasteiger partial charge is 0.286 e. The van der Waals surface area contributed by atoms with Gasteiger partial charge in [-0.25, -0.2) is 0 Å². The molecule has 0 radical (unpaired) electrons. The molecule has 0 spiro atoms. The first kappa shape index (κ1) is 15.9. The minimum Gasteiger partial charge on any atom is -0.320 e. The van der Waals surface area contributed by atoms with Gasteiger partial charge in [0.2, 0.25) is 5.01 Å². The monoisotopic (exact) mass is 361 g/mol. The molecule has 7 heteroatoms. The Morgan fingerprint density at radius 1 is 1.17 bits per heavy atom. The predicted octanol–water partition coefficient (Wildman–Crippen LogP) is 4.90. The fourth-order valence-corrected chi connectivity index (χ4v) is 3.34. The van der Waals surface area contributed by atoms with Gasteiger partial charge in [0.25, 0.3) is 5.91 Å². The summed E-state index contributed by atoms with van der Waals surface area (Å²) in [5, 5.41) is 15.9. The normalized spacial score (nSPS) is 11.5. The number of amides is 1. The van der Waals surface area contributed by atoms with E-state index >= 15 is 0 Å². The van der Waals surface area contributed by atoms with E-state index in [-0.39, 0.29) is 10.9 Å². The standard InChI is InChI=1S/C16H12ClN3OS2/c1-10-2-4-12(5-3-10)18-14(21)16-20-19-15(23-16)13(17)8-11-6-7-22-9-11/h2-9H,1H3,(H,18,21)/b13-8-. The Labute approximate surface area is 146 Å². The fourth-order valence-electron chi connectivity index (χ4n) is 1.80. The summed E-state index contributed by atoms with van der Waals surface area (Å²) in [4.78, 5) is 12.2. The molecule has 0 saturated carbocycles. The molecule has 0 aliphatic rings. The molecule has 0 bridgehead atoms. The van der Waals surface area contributed by atoms with Crippen molar-refractivity contribution in [2.75, 3.05) is 5.32 Å². The van der Waals surface area contributed by atoms with Crippen molar-refractivity contribution in [3.8, 4) is 0 Å². The van der Waals surface area contributed by atoms with Crippen LogP contribution in [0.15, 0.2) is 41.1 Å². The first-order valence-electron chi connectivity index (χ1n) is 6.73. The third-order valence-corrected chi connectivity index (χ3v) is 5.03. The quantitative estimate of drug-likeness (QED) is 0.719. The number of carbonyl (C=O) groups is 1. The third-order valence-electron chi connectivity index (χ3n) is 2.97. The predicted molar refractivity (Wildman–Crippen MR) is 97.1 cm³/mol. The lowest BCUT2D eigenvalue weighted by atomic mass is 10.2. The number of carbonyl (C=O) groups excluding carboxylic acids is 1. The number of thiophene rings is 1. The summed E-state index contributed by atoms with van der Waals surface area (Å²) in [6.07, 6.45) is 1.81. The van der Waals surface area contributed by atoms with Crippen LogP contribution < -0.4 is 5.32 Å². The molecule has 0 unspecified atom stereocenters. The molecule has 23 heavy (non-hydrogen) atoms. The van der Waals surface area contributed by atoms with Crippen LogP contribution in [0.25, 0.3) is 11.1 Å². The number of rotatable bonds is 4. The lowest BCUT2D eigenvalue weighted by molar-refractivity contribution is 0.102. The highest BCUT2D eigenvalue weighted by Gasteiger charge is 2.14. The topological polar surface area (TPSA) is 54.9 Å². The van der Waals surface area contributed by atoms with Crippen LogP contribution in [0, 0.1) is 6.92 Å². The average Bonchev–Trinajstić information content (AvgIpc) is 3.20. The van der Waals surface area contributed by atoms with E-state index in [1.165, 1.54) is 0 Å². The molecule has 3 rings (SSSR count). The lowest BCUT2D eigenvalue weighted by Crippen LogP contribution is -2.11. The van der Waals surface area contributed by atoms with Gasteiger partial charge in [0.15, 0.2) is 5.01 Å². The molecule has 4 nitrogen and oxygen atoms in total. The number of aromatic nitrogens is 2. The zero-order chi connectivity index (χ0) is 16.2. The maximum absolute atomic E-state index is 12.2. The van der Waals surface area contributed by atoms with Gasteiger partial charge < -0.3 is 5.32 Å². The van der Waals surface area contributed by atoms with E-state index < -0.39 is 0 Å². The first-order valence-corrected chi connectivity index (χ1v) is 8.87. The number of hydrogen-bond acceptors (Lipinski definition) is 5. The van der Waals surface area contributed by atoms with Crippen molar-refractivity contribution in [1.29, 1.82) is 0 Å². The van der Waals surface area contributed by atoms with Crippen LogP contribution in [0.4, 0.5) is 5.69 Å². The third kappa shape index (κ3) is 4.04. The van der Waals surface area contributed by atoms with Crippen LogP contribution in [0.2, 0.25) is 0 Å². The van der Waals surface area contributed by atoms with Crippen molar-refractivity contribution in [1.82, 2.24) is 10.2 Å². The van der Waals surface area contributed by atoms with E-state index in [0.717, 1.165) is 28.2 Å². The summed E-state index contributed by atoms with van der Waals surface area (Å²) in [6, 6.07) is 9.51. The van der Waals surface area contributed by atoms with Crippen LogP contribution in [-0.4, -0.2) is 16.1 Å². The first-order chi connectivity index (χ1) is 11.1. The van der Waals surface area contributed by atoms with Crippen LogP contribution >= 0.6 is 34.3 Å². The molecule has 1 N–H and O–H groups in total. The van der Waals surface area contributed by atoms with Crippen LogP contribution in [0.1, 0.15) is 25.9 Å². The average molecular weight is 362 g/mol. The summed E-state index contributed by atoms with van der Waals surface area (Å²) in [7, 11) is 0. The molecule has 1 aromatic carbocycles. The highest BCUT2D eigenvalue weighted by atomic mass is 35.5. The van der Waals surface area contributed by atoms with E-state index in [9.17, 15) is 4.79 Å². The van der Waals surface area contributed by atoms with E-state index in [0.29, 0.717) is 10.0 Å². The number of nitrogens with one attached hydrogen (secondary N) is 1. The van der Waals surface area contributed by atoms with Crippen molar-refractivity contribution in [2.24, 2.45) is 0 Å². The minimum atomic E-state index is -0.294. The van der Waals surface area contributed by atoms with E-state index in [1.807, 2.05) is 48.0 Å². The van der Waals surface area contributed by atoms with Crippen molar-refractivity contribution in [2.45, 2.75) is 6.92 Å². The molecule has 116 valence electrons. The molecule has 2 aromatic heterocycles. The van der Waals surface area contributed by atoms with Gasteiger partial charge in [0, 0.05) is 5.69 Å². The largest absolute Gasteiger partial charge is 0.320 e. The van der Waals surface area contributed by atoms with Crippen LogP contribution in [0.3, 0.4) is 0 Å². The summed E-state index contributed by atoms with van der Waals surface area (Å²) >= 11 is 8.99. The van der Waals surface area contributed by atoms with Crippen molar-refractivity contribution in [3.05, 3.63) is 62.2 Å². The van der Waals surface area contributed by atoms with E-state index in [4.69, 9.17) is 11.6 Å². The molecule has 0 saturated heterocycles. The van der Waals surface area contributed by atoms with Gasteiger partial charge in [0.1, 0.15) is 0 Å². The summed E-state index contributed by atoms with van der Waals surface area (Å²) in [5.41, 5.74) is 2.85. The Balaban J connectivity index is 1.73. The van der Waals surface area contributed by atoms with Crippen molar-refractivity contribution >= 4 is 57.0 Å². The number of hydrogen-bond donors (Lipinski definition) is 1. The molecule has 0 aliphatic carbocycles. The highest BCUT2D eigenvalue weighted by Crippen LogP contribution is 2.26. The number of nitrogens with zero attached hydrogens (tertiary/aromatic N) is 2. The number of benzene rings is 1. The molecular formula is C16H12ClN3OS2. The second-order valence-electron chi connectivity index (χ2n) is 4.78. The zero-order valence-corrected chi connectivity index (χ0v) is 14.5. The minimum absolute atomic E-state index is 0.275. The van der Waals surface area contributed by atoms with Crippen molar-refractivity contribution in [3.63, 3.8) is 0 Å². The molecule has 2 heterocycles. The van der Waals surface area contributed by atoms with E-state index in [1.54, 1.807) is 17.4 Å². The van der Waals surface area contributed by atoms with Gasteiger partial charge in [-0.15, -0.1) is 10.2 Å². The van der Waals surface area contributed by atoms with Gasteiger partial charge in [-0.2, -0.15) is 11.3 Å². The Morgan fingerprint density at radius 2 is 1.91 bits per heavy atom. The Kier molecular flexibility index (Phi) is 4.85. The number of halogens is 1. The molecule has 0 atom stereocenters. The Bertz CT molecular complexity index is 839. The Morgan fingerprint density at radius 3 is 2.61 bits per heavy atom. The number of aryl methyl sites for hydroxylation is 1. The molecule has 3 aromatic rings. The molecule has 1 amide bonds. The Hall–Kier alpha value is -2.02. The van der Waals surface area contributed by atoms with Gasteiger partial charge in [0.05, 0.1) is 5.03 Å². The van der Waals surface area contributed by atoms with Crippen LogP contribution in [0.5, 0.6) is 0 Å². The van der Waals surface area contributed by atoms with Crippen LogP contribution in [-0.2, 0) is 0 Å². The van der Waals surface area contributed by atoms with Gasteiger partial charge in [-0.05, 0) is 47.5 Å². The fraction of sp³-hybridized carbons (Fsp3) is 0.0625.